The van der Waals surface area contributed by atoms with Gasteiger partial charge in [0.05, 0.1) is 15.3 Å². The molecule has 14 heavy (non-hydrogen) atoms. The molecular formula is C7H2ClF3INO. The third-order valence-corrected chi connectivity index (χ3v) is 2.68. The van der Waals surface area contributed by atoms with Gasteiger partial charge in [-0.05, 0) is 34.2 Å². The molecule has 0 N–H and O–H groups in total. The van der Waals surface area contributed by atoms with Crippen LogP contribution in [0.4, 0.5) is 13.2 Å². The van der Waals surface area contributed by atoms with E-state index in [4.69, 9.17) is 11.6 Å². The number of halogens is 5. The quantitative estimate of drug-likeness (QED) is 0.614. The summed E-state index contributed by atoms with van der Waals surface area (Å²) in [5.74, 6) is -1.00. The number of nitrogens with zero attached hydrogens (tertiary/aromatic N) is 1. The van der Waals surface area contributed by atoms with Gasteiger partial charge in [-0.25, -0.2) is 13.2 Å². The summed E-state index contributed by atoms with van der Waals surface area (Å²) in [6.45, 7) is 0. The molecule has 0 aliphatic heterocycles. The summed E-state index contributed by atoms with van der Waals surface area (Å²) in [6.07, 6.45) is -2.31. The molecule has 1 heterocycles. The van der Waals surface area contributed by atoms with Crippen molar-refractivity contribution in [2.24, 2.45) is 0 Å². The Morgan fingerprint density at radius 1 is 1.57 bits per heavy atom. The molecule has 1 aromatic rings. The van der Waals surface area contributed by atoms with Gasteiger partial charge in [0.25, 0.3) is 11.7 Å². The van der Waals surface area contributed by atoms with Crippen LogP contribution in [0.2, 0.25) is 0 Å². The fourth-order valence-corrected chi connectivity index (χ4v) is 2.03. The summed E-state index contributed by atoms with van der Waals surface area (Å²) in [4.78, 5) is 13.9. The second-order valence-corrected chi connectivity index (χ2v) is 3.68. The van der Waals surface area contributed by atoms with Crippen molar-refractivity contribution in [2.75, 3.05) is 0 Å². The summed E-state index contributed by atoms with van der Waals surface area (Å²) in [7, 11) is 0. The smallest absolute Gasteiger partial charge is 0.275 e. The summed E-state index contributed by atoms with van der Waals surface area (Å²) >= 11 is 6.44. The number of aromatic nitrogens is 1. The molecule has 0 aliphatic carbocycles. The van der Waals surface area contributed by atoms with Crippen LogP contribution >= 0.6 is 34.2 Å². The second-order valence-electron chi connectivity index (χ2n) is 2.25. The zero-order valence-corrected chi connectivity index (χ0v) is 9.31. The summed E-state index contributed by atoms with van der Waals surface area (Å²) < 4.78 is 37.2. The first-order valence-electron chi connectivity index (χ1n) is 3.27. The third kappa shape index (κ3) is 2.17. The van der Waals surface area contributed by atoms with Crippen LogP contribution in [0, 0.1) is 9.39 Å². The highest BCUT2D eigenvalue weighted by Gasteiger charge is 2.22. The van der Waals surface area contributed by atoms with Crippen molar-refractivity contribution in [3.63, 3.8) is 0 Å². The Hall–Kier alpha value is -0.370. The van der Waals surface area contributed by atoms with Gasteiger partial charge >= 0.3 is 0 Å². The molecule has 0 bridgehead atoms. The molecule has 0 atom stereocenters. The van der Waals surface area contributed by atoms with E-state index >= 15 is 0 Å². The lowest BCUT2D eigenvalue weighted by molar-refractivity contribution is 0.107. The van der Waals surface area contributed by atoms with Gasteiger partial charge in [0.2, 0.25) is 0 Å². The lowest BCUT2D eigenvalue weighted by Gasteiger charge is -2.05. The molecule has 1 aromatic heterocycles. The molecule has 0 radical (unpaired) electrons. The van der Waals surface area contributed by atoms with Gasteiger partial charge in [-0.1, -0.05) is 0 Å². The Bertz CT molecular complexity index is 385. The largest absolute Gasteiger partial charge is 0.281 e. The summed E-state index contributed by atoms with van der Waals surface area (Å²) in [5.41, 5.74) is -1.20. The number of carbonyl (C=O) groups excluding carboxylic acids is 1. The van der Waals surface area contributed by atoms with Crippen molar-refractivity contribution in [3.05, 3.63) is 26.8 Å². The zero-order chi connectivity index (χ0) is 10.9. The predicted octanol–water partition coefficient (Wildman–Crippen LogP) is 3.14. The lowest BCUT2D eigenvalue weighted by atomic mass is 10.2. The number of rotatable bonds is 2. The average molecular weight is 335 g/mol. The van der Waals surface area contributed by atoms with Gasteiger partial charge in [0.15, 0.2) is 5.82 Å². The van der Waals surface area contributed by atoms with E-state index in [9.17, 15) is 18.0 Å². The van der Waals surface area contributed by atoms with E-state index in [1.165, 1.54) is 22.6 Å². The summed E-state index contributed by atoms with van der Waals surface area (Å²) in [6, 6.07) is 0. The standard InChI is InChI=1S/C7H2ClF3INO/c8-6(14)3-2(9)1-13-5(4(3)12)7(10)11/h1,7H. The van der Waals surface area contributed by atoms with Crippen LogP contribution in [0.1, 0.15) is 22.5 Å². The minimum Gasteiger partial charge on any atom is -0.275 e. The van der Waals surface area contributed by atoms with E-state index < -0.39 is 28.7 Å². The van der Waals surface area contributed by atoms with Crippen molar-refractivity contribution < 1.29 is 18.0 Å². The van der Waals surface area contributed by atoms with Crippen molar-refractivity contribution in [1.29, 1.82) is 0 Å². The number of alkyl halides is 2. The van der Waals surface area contributed by atoms with Gasteiger partial charge in [-0.15, -0.1) is 0 Å². The van der Waals surface area contributed by atoms with Crippen molar-refractivity contribution in [2.45, 2.75) is 6.43 Å². The molecule has 0 fully saturated rings. The van der Waals surface area contributed by atoms with Crippen molar-refractivity contribution in [1.82, 2.24) is 4.98 Å². The van der Waals surface area contributed by atoms with Gasteiger partial charge in [0.1, 0.15) is 5.69 Å². The number of hydrogen-bond acceptors (Lipinski definition) is 2. The van der Waals surface area contributed by atoms with Gasteiger partial charge in [-0.2, -0.15) is 0 Å². The van der Waals surface area contributed by atoms with E-state index in [1.54, 1.807) is 0 Å². The Morgan fingerprint density at radius 2 is 2.14 bits per heavy atom. The SMILES string of the molecule is O=C(Cl)c1c(F)cnc(C(F)F)c1I. The van der Waals surface area contributed by atoms with Crippen LogP contribution in [-0.2, 0) is 0 Å². The highest BCUT2D eigenvalue weighted by atomic mass is 127. The highest BCUT2D eigenvalue weighted by Crippen LogP contribution is 2.27. The average Bonchev–Trinajstić information content (AvgIpc) is 2.02. The normalized spacial score (nSPS) is 10.7. The number of carbonyl (C=O) groups is 1. The molecule has 1 rings (SSSR count). The molecule has 76 valence electrons. The zero-order valence-electron chi connectivity index (χ0n) is 6.40. The minimum atomic E-state index is -2.86. The first-order valence-corrected chi connectivity index (χ1v) is 4.72. The van der Waals surface area contributed by atoms with Crippen molar-refractivity contribution >= 4 is 39.4 Å². The summed E-state index contributed by atoms with van der Waals surface area (Å²) in [5, 5.41) is -1.11. The minimum absolute atomic E-state index is 0.252. The molecule has 2 nitrogen and oxygen atoms in total. The van der Waals surface area contributed by atoms with Crippen LogP contribution in [0.3, 0.4) is 0 Å². The molecular weight excluding hydrogens is 333 g/mol. The van der Waals surface area contributed by atoms with E-state index in [1.807, 2.05) is 0 Å². The van der Waals surface area contributed by atoms with E-state index in [0.717, 1.165) is 0 Å². The Kier molecular flexibility index (Phi) is 3.71. The molecule has 0 aliphatic rings. The molecule has 0 amide bonds. The molecule has 7 heteroatoms. The molecule has 0 spiro atoms. The Labute approximate surface area is 95.6 Å². The van der Waals surface area contributed by atoms with E-state index in [0.29, 0.717) is 6.20 Å². The fourth-order valence-electron chi connectivity index (χ4n) is 0.813. The van der Waals surface area contributed by atoms with Crippen LogP contribution in [-0.4, -0.2) is 10.2 Å². The van der Waals surface area contributed by atoms with Crippen LogP contribution in [0.25, 0.3) is 0 Å². The Morgan fingerprint density at radius 3 is 2.57 bits per heavy atom. The maximum absolute atomic E-state index is 12.9. The molecule has 0 saturated heterocycles. The van der Waals surface area contributed by atoms with Crippen LogP contribution < -0.4 is 0 Å². The van der Waals surface area contributed by atoms with Gasteiger partial charge < -0.3 is 0 Å². The topological polar surface area (TPSA) is 30.0 Å². The molecule has 0 aromatic carbocycles. The van der Waals surface area contributed by atoms with Gasteiger partial charge in [0, 0.05) is 0 Å². The van der Waals surface area contributed by atoms with Crippen LogP contribution in [0.15, 0.2) is 6.20 Å². The number of pyridine rings is 1. The molecule has 0 unspecified atom stereocenters. The molecule has 0 saturated carbocycles. The third-order valence-electron chi connectivity index (χ3n) is 1.40. The predicted molar refractivity (Wildman–Crippen MR) is 52.1 cm³/mol. The maximum Gasteiger partial charge on any atom is 0.281 e. The number of hydrogen-bond donors (Lipinski definition) is 0. The maximum atomic E-state index is 12.9. The second kappa shape index (κ2) is 4.43. The van der Waals surface area contributed by atoms with Gasteiger partial charge in [-0.3, -0.25) is 9.78 Å². The van der Waals surface area contributed by atoms with E-state index in [2.05, 4.69) is 4.98 Å². The van der Waals surface area contributed by atoms with Crippen LogP contribution in [0.5, 0.6) is 0 Å². The van der Waals surface area contributed by atoms with E-state index in [-0.39, 0.29) is 3.57 Å². The fraction of sp³-hybridized carbons (Fsp3) is 0.143. The Balaban J connectivity index is 3.41. The highest BCUT2D eigenvalue weighted by molar-refractivity contribution is 14.1. The first kappa shape index (κ1) is 11.7. The lowest BCUT2D eigenvalue weighted by Crippen LogP contribution is -2.05. The van der Waals surface area contributed by atoms with Crippen molar-refractivity contribution in [3.8, 4) is 0 Å². The first-order chi connectivity index (χ1) is 6.45. The monoisotopic (exact) mass is 335 g/mol.